The first-order valence-electron chi connectivity index (χ1n) is 7.04. The van der Waals surface area contributed by atoms with Crippen molar-refractivity contribution >= 4 is 15.7 Å². The number of nitrogens with one attached hydrogen (secondary N) is 1. The molecule has 22 heavy (non-hydrogen) atoms. The van der Waals surface area contributed by atoms with E-state index in [1.54, 1.807) is 11.0 Å². The first-order chi connectivity index (χ1) is 10.4. The van der Waals surface area contributed by atoms with Gasteiger partial charge in [-0.05, 0) is 12.5 Å². The quantitative estimate of drug-likeness (QED) is 0.925. The lowest BCUT2D eigenvalue weighted by molar-refractivity contribution is 0.0787. The van der Waals surface area contributed by atoms with Gasteiger partial charge in [0.25, 0.3) is 5.91 Å². The Hall–Kier alpha value is -2.15. The molecule has 116 valence electrons. The summed E-state index contributed by atoms with van der Waals surface area (Å²) in [6, 6.07) is 11.3. The molecule has 1 fully saturated rings. The molecule has 6 nitrogen and oxygen atoms in total. The number of benzene rings is 1. The van der Waals surface area contributed by atoms with Gasteiger partial charge in [0.15, 0.2) is 9.84 Å². The van der Waals surface area contributed by atoms with E-state index >= 15 is 0 Å². The Bertz CT molecular complexity index is 783. The minimum absolute atomic E-state index is 0.208. The summed E-state index contributed by atoms with van der Waals surface area (Å²) in [5.41, 5.74) is 2.00. The summed E-state index contributed by atoms with van der Waals surface area (Å²) in [7, 11) is -3.11. The van der Waals surface area contributed by atoms with Crippen molar-refractivity contribution in [2.45, 2.75) is 11.7 Å². The molecular formula is C15H17N3O3S. The topological polar surface area (TPSA) is 83.1 Å². The fourth-order valence-corrected chi connectivity index (χ4v) is 3.60. The highest BCUT2D eigenvalue weighted by molar-refractivity contribution is 7.91. The molecule has 0 spiro atoms. The van der Waals surface area contributed by atoms with Crippen molar-refractivity contribution < 1.29 is 13.2 Å². The number of nitrogens with zero attached hydrogens (tertiary/aromatic N) is 2. The van der Waals surface area contributed by atoms with Gasteiger partial charge < -0.3 is 4.90 Å². The molecule has 3 rings (SSSR count). The Morgan fingerprint density at radius 1 is 1.32 bits per heavy atom. The van der Waals surface area contributed by atoms with E-state index in [1.807, 2.05) is 30.3 Å². The van der Waals surface area contributed by atoms with Crippen LogP contribution in [0.4, 0.5) is 0 Å². The summed E-state index contributed by atoms with van der Waals surface area (Å²) in [6.45, 7) is 0.702. The third-order valence-corrected chi connectivity index (χ3v) is 5.51. The molecule has 1 amide bonds. The number of rotatable bonds is 3. The van der Waals surface area contributed by atoms with Crippen molar-refractivity contribution in [2.24, 2.45) is 0 Å². The predicted molar refractivity (Wildman–Crippen MR) is 83.2 cm³/mol. The number of carbonyl (C=O) groups is 1. The van der Waals surface area contributed by atoms with Crippen molar-refractivity contribution in [2.75, 3.05) is 19.3 Å². The summed E-state index contributed by atoms with van der Waals surface area (Å²) in [4.78, 5) is 14.0. The molecule has 1 aliphatic heterocycles. The molecule has 1 unspecified atom stereocenters. The number of hydrogen-bond acceptors (Lipinski definition) is 4. The Morgan fingerprint density at radius 2 is 2.05 bits per heavy atom. The Kier molecular flexibility index (Phi) is 3.74. The first-order valence-corrected chi connectivity index (χ1v) is 8.99. The van der Waals surface area contributed by atoms with Crippen LogP contribution in [0.1, 0.15) is 16.9 Å². The first kappa shape index (κ1) is 14.8. The SMILES string of the molecule is CS(=O)(=O)C1CCN(C(=O)c2cc(-c3ccccc3)n[nH]2)C1. The van der Waals surface area contributed by atoms with Gasteiger partial charge in [0.05, 0.1) is 10.9 Å². The van der Waals surface area contributed by atoms with Gasteiger partial charge in [0.1, 0.15) is 5.69 Å². The highest BCUT2D eigenvalue weighted by Gasteiger charge is 2.33. The zero-order chi connectivity index (χ0) is 15.7. The third-order valence-electron chi connectivity index (χ3n) is 3.92. The van der Waals surface area contributed by atoms with E-state index in [-0.39, 0.29) is 12.5 Å². The van der Waals surface area contributed by atoms with Crippen LogP contribution in [-0.4, -0.2) is 54.0 Å². The van der Waals surface area contributed by atoms with Gasteiger partial charge in [-0.2, -0.15) is 5.10 Å². The molecule has 1 aromatic carbocycles. The second-order valence-electron chi connectivity index (χ2n) is 5.52. The summed E-state index contributed by atoms with van der Waals surface area (Å²) in [6.07, 6.45) is 1.71. The van der Waals surface area contributed by atoms with Crippen molar-refractivity contribution in [1.29, 1.82) is 0 Å². The average molecular weight is 319 g/mol. The van der Waals surface area contributed by atoms with Crippen LogP contribution in [0.15, 0.2) is 36.4 Å². The number of hydrogen-bond donors (Lipinski definition) is 1. The Balaban J connectivity index is 1.76. The fourth-order valence-electron chi connectivity index (χ4n) is 2.62. The van der Waals surface area contributed by atoms with Crippen LogP contribution < -0.4 is 0 Å². The lowest BCUT2D eigenvalue weighted by atomic mass is 10.1. The van der Waals surface area contributed by atoms with Crippen LogP contribution in [0.5, 0.6) is 0 Å². The number of carbonyl (C=O) groups excluding carboxylic acids is 1. The van der Waals surface area contributed by atoms with Gasteiger partial charge in [-0.3, -0.25) is 9.89 Å². The molecule has 2 heterocycles. The summed E-state index contributed by atoms with van der Waals surface area (Å²) < 4.78 is 23.1. The van der Waals surface area contributed by atoms with Crippen LogP contribution in [-0.2, 0) is 9.84 Å². The molecule has 1 aliphatic rings. The second-order valence-corrected chi connectivity index (χ2v) is 7.85. The van der Waals surface area contributed by atoms with E-state index in [1.165, 1.54) is 6.26 Å². The monoisotopic (exact) mass is 319 g/mol. The molecule has 0 saturated carbocycles. The summed E-state index contributed by atoms with van der Waals surface area (Å²) >= 11 is 0. The maximum atomic E-state index is 12.4. The Morgan fingerprint density at radius 3 is 2.68 bits per heavy atom. The molecule has 1 saturated heterocycles. The van der Waals surface area contributed by atoms with Crippen molar-refractivity contribution in [3.05, 3.63) is 42.1 Å². The normalized spacial score (nSPS) is 18.6. The molecule has 0 bridgehead atoms. The van der Waals surface area contributed by atoms with E-state index in [2.05, 4.69) is 10.2 Å². The number of aromatic amines is 1. The van der Waals surface area contributed by atoms with E-state index in [0.29, 0.717) is 24.4 Å². The van der Waals surface area contributed by atoms with Gasteiger partial charge in [0, 0.05) is 24.9 Å². The van der Waals surface area contributed by atoms with Crippen LogP contribution >= 0.6 is 0 Å². The van der Waals surface area contributed by atoms with Crippen LogP contribution in [0.2, 0.25) is 0 Å². The number of H-pyrrole nitrogens is 1. The molecule has 1 atom stereocenters. The maximum Gasteiger partial charge on any atom is 0.271 e. The van der Waals surface area contributed by atoms with Gasteiger partial charge in [-0.15, -0.1) is 0 Å². The van der Waals surface area contributed by atoms with E-state index in [4.69, 9.17) is 0 Å². The third kappa shape index (κ3) is 2.89. The fraction of sp³-hybridized carbons (Fsp3) is 0.333. The number of aromatic nitrogens is 2. The van der Waals surface area contributed by atoms with Crippen LogP contribution in [0.25, 0.3) is 11.3 Å². The van der Waals surface area contributed by atoms with Gasteiger partial charge in [-0.25, -0.2) is 8.42 Å². The molecule has 1 N–H and O–H groups in total. The molecule has 7 heteroatoms. The van der Waals surface area contributed by atoms with Crippen LogP contribution in [0.3, 0.4) is 0 Å². The molecular weight excluding hydrogens is 302 g/mol. The summed E-state index contributed by atoms with van der Waals surface area (Å²) in [5, 5.41) is 6.43. The van der Waals surface area contributed by atoms with E-state index < -0.39 is 15.1 Å². The number of amides is 1. The number of sulfone groups is 1. The van der Waals surface area contributed by atoms with Crippen LogP contribution in [0, 0.1) is 0 Å². The molecule has 2 aromatic rings. The zero-order valence-corrected chi connectivity index (χ0v) is 13.0. The smallest absolute Gasteiger partial charge is 0.271 e. The predicted octanol–water partition coefficient (Wildman–Crippen LogP) is 1.34. The van der Waals surface area contributed by atoms with Crippen molar-refractivity contribution in [3.63, 3.8) is 0 Å². The standard InChI is InChI=1S/C15H17N3O3S/c1-22(20,21)12-7-8-18(10-12)15(19)14-9-13(16-17-14)11-5-3-2-4-6-11/h2-6,9,12H,7-8,10H2,1H3,(H,16,17). The molecule has 0 aliphatic carbocycles. The van der Waals surface area contributed by atoms with Gasteiger partial charge >= 0.3 is 0 Å². The molecule has 1 aromatic heterocycles. The van der Waals surface area contributed by atoms with Gasteiger partial charge in [-0.1, -0.05) is 30.3 Å². The van der Waals surface area contributed by atoms with Gasteiger partial charge in [0.2, 0.25) is 0 Å². The van der Waals surface area contributed by atoms with E-state index in [0.717, 1.165) is 5.56 Å². The minimum Gasteiger partial charge on any atom is -0.336 e. The zero-order valence-electron chi connectivity index (χ0n) is 12.2. The lowest BCUT2D eigenvalue weighted by Gasteiger charge is -2.14. The van der Waals surface area contributed by atoms with Crippen molar-refractivity contribution in [3.8, 4) is 11.3 Å². The minimum atomic E-state index is -3.11. The average Bonchev–Trinajstić information content (AvgIpc) is 3.16. The Labute approximate surface area is 129 Å². The number of likely N-dealkylation sites (tertiary alicyclic amines) is 1. The highest BCUT2D eigenvalue weighted by Crippen LogP contribution is 2.21. The van der Waals surface area contributed by atoms with Crippen molar-refractivity contribution in [1.82, 2.24) is 15.1 Å². The van der Waals surface area contributed by atoms with E-state index in [9.17, 15) is 13.2 Å². The second kappa shape index (κ2) is 5.57. The largest absolute Gasteiger partial charge is 0.336 e. The molecule has 0 radical (unpaired) electrons. The lowest BCUT2D eigenvalue weighted by Crippen LogP contribution is -2.31. The highest BCUT2D eigenvalue weighted by atomic mass is 32.2. The maximum absolute atomic E-state index is 12.4. The summed E-state index contributed by atoms with van der Waals surface area (Å²) in [5.74, 6) is -0.208.